The van der Waals surface area contributed by atoms with E-state index in [1.54, 1.807) is 19.2 Å². The fraction of sp³-hybridized carbons (Fsp3) is 0.375. The summed E-state index contributed by atoms with van der Waals surface area (Å²) in [4.78, 5) is 12.0. The van der Waals surface area contributed by atoms with E-state index in [9.17, 15) is 13.2 Å². The van der Waals surface area contributed by atoms with Gasteiger partial charge in [0.25, 0.3) is 5.91 Å². The molecular formula is C16H19N3O4S. The van der Waals surface area contributed by atoms with Crippen LogP contribution in [0.15, 0.2) is 36.0 Å². The van der Waals surface area contributed by atoms with Gasteiger partial charge < -0.3 is 15.4 Å². The minimum atomic E-state index is -3.01. The molecule has 24 heavy (non-hydrogen) atoms. The highest BCUT2D eigenvalue weighted by Crippen LogP contribution is 2.12. The minimum Gasteiger partial charge on any atom is -0.497 e. The molecule has 1 amide bonds. The number of benzene rings is 1. The van der Waals surface area contributed by atoms with Gasteiger partial charge in [0.2, 0.25) is 0 Å². The summed E-state index contributed by atoms with van der Waals surface area (Å²) in [7, 11) is -1.44. The van der Waals surface area contributed by atoms with Gasteiger partial charge in [0, 0.05) is 18.8 Å². The summed E-state index contributed by atoms with van der Waals surface area (Å²) < 4.78 is 27.8. The number of carbonyl (C=O) groups excluding carboxylic acids is 1. The second-order valence-electron chi connectivity index (χ2n) is 5.47. The van der Waals surface area contributed by atoms with E-state index in [1.807, 2.05) is 18.2 Å². The molecule has 0 saturated carbocycles. The summed E-state index contributed by atoms with van der Waals surface area (Å²) in [6.45, 7) is 0.277. The second kappa shape index (κ2) is 7.84. The van der Waals surface area contributed by atoms with Crippen LogP contribution in [-0.2, 0) is 21.2 Å². The Hall–Kier alpha value is -2.53. The lowest BCUT2D eigenvalue weighted by atomic mass is 10.2. The number of hydrogen-bond donors (Lipinski definition) is 2. The Morgan fingerprint density at radius 2 is 2.12 bits per heavy atom. The van der Waals surface area contributed by atoms with Crippen molar-refractivity contribution < 1.29 is 17.9 Å². The number of methoxy groups -OCH3 is 1. The summed E-state index contributed by atoms with van der Waals surface area (Å²) in [6.07, 6.45) is 1.76. The van der Waals surface area contributed by atoms with Crippen molar-refractivity contribution in [2.24, 2.45) is 0 Å². The summed E-state index contributed by atoms with van der Waals surface area (Å²) in [6, 6.07) is 8.76. The number of nitrogens with zero attached hydrogens (tertiary/aromatic N) is 1. The predicted molar refractivity (Wildman–Crippen MR) is 88.7 cm³/mol. The number of amides is 1. The number of nitriles is 1. The van der Waals surface area contributed by atoms with Gasteiger partial charge in [-0.1, -0.05) is 12.1 Å². The molecule has 8 heteroatoms. The lowest BCUT2D eigenvalue weighted by molar-refractivity contribution is -0.117. The number of carbonyl (C=O) groups is 1. The van der Waals surface area contributed by atoms with Crippen molar-refractivity contribution in [1.29, 1.82) is 5.26 Å². The molecule has 7 nitrogen and oxygen atoms in total. The molecular weight excluding hydrogens is 330 g/mol. The molecule has 1 aromatic carbocycles. The zero-order valence-corrected chi connectivity index (χ0v) is 14.1. The molecule has 1 aliphatic heterocycles. The van der Waals surface area contributed by atoms with Crippen LogP contribution in [0.2, 0.25) is 0 Å². The van der Waals surface area contributed by atoms with Crippen LogP contribution >= 0.6 is 0 Å². The number of hydrogen-bond acceptors (Lipinski definition) is 6. The summed E-state index contributed by atoms with van der Waals surface area (Å²) >= 11 is 0. The van der Waals surface area contributed by atoms with Crippen molar-refractivity contribution >= 4 is 15.7 Å². The molecule has 1 saturated heterocycles. The molecule has 128 valence electrons. The Morgan fingerprint density at radius 3 is 2.67 bits per heavy atom. The smallest absolute Gasteiger partial charge is 0.263 e. The second-order valence-corrected chi connectivity index (χ2v) is 7.70. The fourth-order valence-electron chi connectivity index (χ4n) is 2.30. The van der Waals surface area contributed by atoms with Crippen LogP contribution in [0.1, 0.15) is 12.0 Å². The first-order valence-corrected chi connectivity index (χ1v) is 9.23. The highest BCUT2D eigenvalue weighted by Gasteiger charge is 2.27. The van der Waals surface area contributed by atoms with Crippen molar-refractivity contribution in [2.75, 3.05) is 18.6 Å². The molecule has 1 aromatic rings. The Bertz CT molecular complexity index is 764. The SMILES string of the molecule is COc1ccc(CNC(=O)/C(C#N)=C\NC2CCS(=O)(=O)C2)cc1. The van der Waals surface area contributed by atoms with E-state index < -0.39 is 15.7 Å². The van der Waals surface area contributed by atoms with Gasteiger partial charge in [-0.25, -0.2) is 8.42 Å². The van der Waals surface area contributed by atoms with Crippen LogP contribution in [0.25, 0.3) is 0 Å². The van der Waals surface area contributed by atoms with Gasteiger partial charge in [-0.2, -0.15) is 5.26 Å². The third-order valence-corrected chi connectivity index (χ3v) is 5.44. The highest BCUT2D eigenvalue weighted by atomic mass is 32.2. The van der Waals surface area contributed by atoms with Crippen LogP contribution < -0.4 is 15.4 Å². The summed E-state index contributed by atoms with van der Waals surface area (Å²) in [5.74, 6) is 0.361. The van der Waals surface area contributed by atoms with Gasteiger partial charge in [0.1, 0.15) is 17.4 Å². The predicted octanol–water partition coefficient (Wildman–Crippen LogP) is 0.496. The first kappa shape index (κ1) is 17.8. The number of rotatable bonds is 6. The average Bonchev–Trinajstić information content (AvgIpc) is 2.93. The largest absolute Gasteiger partial charge is 0.497 e. The molecule has 0 spiro atoms. The normalized spacial score (nSPS) is 19.3. The maximum atomic E-state index is 12.0. The first-order valence-electron chi connectivity index (χ1n) is 7.41. The molecule has 0 aromatic heterocycles. The quantitative estimate of drug-likeness (QED) is 0.572. The van der Waals surface area contributed by atoms with Gasteiger partial charge in [-0.15, -0.1) is 0 Å². The van der Waals surface area contributed by atoms with Crippen LogP contribution in [-0.4, -0.2) is 39.0 Å². The Balaban J connectivity index is 1.88. The summed E-state index contributed by atoms with van der Waals surface area (Å²) in [5, 5.41) is 14.6. The fourth-order valence-corrected chi connectivity index (χ4v) is 3.98. The molecule has 2 N–H and O–H groups in total. The molecule has 0 radical (unpaired) electrons. The number of nitrogens with one attached hydrogen (secondary N) is 2. The standard InChI is InChI=1S/C16H19N3O4S/c1-23-15-4-2-12(3-5-15)9-19-16(20)13(8-17)10-18-14-6-7-24(21,22)11-14/h2-5,10,14,18H,6-7,9,11H2,1H3,(H,19,20)/b13-10-. The van der Waals surface area contributed by atoms with Gasteiger partial charge in [-0.3, -0.25) is 4.79 Å². The van der Waals surface area contributed by atoms with Crippen molar-refractivity contribution in [3.63, 3.8) is 0 Å². The van der Waals surface area contributed by atoms with Crippen LogP contribution in [0.5, 0.6) is 5.75 Å². The van der Waals surface area contributed by atoms with E-state index in [-0.39, 0.29) is 29.7 Å². The molecule has 0 bridgehead atoms. The van der Waals surface area contributed by atoms with Gasteiger partial charge >= 0.3 is 0 Å². The maximum absolute atomic E-state index is 12.0. The molecule has 1 atom stereocenters. The number of ether oxygens (including phenoxy) is 1. The first-order chi connectivity index (χ1) is 11.4. The van der Waals surface area contributed by atoms with Gasteiger partial charge in [0.05, 0.1) is 18.6 Å². The van der Waals surface area contributed by atoms with E-state index in [0.717, 1.165) is 11.3 Å². The van der Waals surface area contributed by atoms with Crippen molar-refractivity contribution in [1.82, 2.24) is 10.6 Å². The Morgan fingerprint density at radius 1 is 1.42 bits per heavy atom. The van der Waals surface area contributed by atoms with Crippen molar-refractivity contribution in [3.8, 4) is 11.8 Å². The van der Waals surface area contributed by atoms with E-state index >= 15 is 0 Å². The van der Waals surface area contributed by atoms with Crippen molar-refractivity contribution in [2.45, 2.75) is 19.0 Å². The number of sulfone groups is 1. The zero-order chi connectivity index (χ0) is 17.6. The third kappa shape index (κ3) is 4.99. The van der Waals surface area contributed by atoms with E-state index in [1.165, 1.54) is 6.20 Å². The van der Waals surface area contributed by atoms with Crippen molar-refractivity contribution in [3.05, 3.63) is 41.6 Å². The van der Waals surface area contributed by atoms with Crippen LogP contribution in [0, 0.1) is 11.3 Å². The molecule has 1 unspecified atom stereocenters. The average molecular weight is 349 g/mol. The highest BCUT2D eigenvalue weighted by molar-refractivity contribution is 7.91. The molecule has 1 heterocycles. The lowest BCUT2D eigenvalue weighted by Crippen LogP contribution is -2.29. The zero-order valence-electron chi connectivity index (χ0n) is 13.3. The Kier molecular flexibility index (Phi) is 5.82. The maximum Gasteiger partial charge on any atom is 0.263 e. The Labute approximate surface area is 141 Å². The molecule has 1 aliphatic rings. The molecule has 0 aliphatic carbocycles. The van der Waals surface area contributed by atoms with E-state index in [2.05, 4.69) is 10.6 Å². The lowest BCUT2D eigenvalue weighted by Gasteiger charge is -2.09. The minimum absolute atomic E-state index is 0.0235. The summed E-state index contributed by atoms with van der Waals surface area (Å²) in [5.41, 5.74) is 0.782. The monoisotopic (exact) mass is 349 g/mol. The van der Waals surface area contributed by atoms with E-state index in [0.29, 0.717) is 6.42 Å². The van der Waals surface area contributed by atoms with Gasteiger partial charge in [-0.05, 0) is 24.1 Å². The van der Waals surface area contributed by atoms with Gasteiger partial charge in [0.15, 0.2) is 9.84 Å². The van der Waals surface area contributed by atoms with E-state index in [4.69, 9.17) is 10.00 Å². The van der Waals surface area contributed by atoms with Crippen LogP contribution in [0.3, 0.4) is 0 Å². The van der Waals surface area contributed by atoms with Crippen LogP contribution in [0.4, 0.5) is 0 Å². The molecule has 1 fully saturated rings. The topological polar surface area (TPSA) is 108 Å². The molecule has 2 rings (SSSR count). The third-order valence-electron chi connectivity index (χ3n) is 3.67.